The van der Waals surface area contributed by atoms with Crippen LogP contribution >= 0.6 is 70.2 Å². The number of carbonyl (C=O) groups excluding carboxylic acids is 2. The van der Waals surface area contributed by atoms with E-state index in [0.717, 1.165) is 60.4 Å². The van der Waals surface area contributed by atoms with Gasteiger partial charge in [-0.15, -0.1) is 37.2 Å². The molecule has 3 heterocycles. The maximum atomic E-state index is 12.6. The summed E-state index contributed by atoms with van der Waals surface area (Å²) in [5.41, 5.74) is 6.13. The Bertz CT molecular complexity index is 3150. The summed E-state index contributed by atoms with van der Waals surface area (Å²) in [7, 11) is 8.00. The summed E-state index contributed by atoms with van der Waals surface area (Å²) in [5, 5.41) is 16.4. The highest BCUT2D eigenvalue weighted by atomic mass is 36.0. The molecule has 19 nitrogen and oxygen atoms in total. The van der Waals surface area contributed by atoms with Gasteiger partial charge in [0.2, 0.25) is 14.5 Å². The van der Waals surface area contributed by atoms with E-state index in [1.165, 1.54) is 73.0 Å². The Morgan fingerprint density at radius 1 is 0.519 bits per heavy atom. The Balaban J connectivity index is 0.00000107. The number of allylic oxidation sites excluding steroid dienone is 1. The van der Waals surface area contributed by atoms with Crippen LogP contribution in [-0.4, -0.2) is 126 Å². The highest BCUT2D eigenvalue weighted by molar-refractivity contribution is 8.26. The van der Waals surface area contributed by atoms with Gasteiger partial charge in [0.25, 0.3) is 36.0 Å². The van der Waals surface area contributed by atoms with Gasteiger partial charge in [0.1, 0.15) is 0 Å². The normalized spacial score (nSPS) is 11.5. The fourth-order valence-corrected chi connectivity index (χ4v) is 9.90. The number of benzene rings is 3. The minimum absolute atomic E-state index is 0. The first-order chi connectivity index (χ1) is 34.6. The highest BCUT2D eigenvalue weighted by Gasteiger charge is 2.19. The summed E-state index contributed by atoms with van der Waals surface area (Å²) < 4.78 is 87.7. The smallest absolute Gasteiger partial charge is 0.328 e. The number of aliphatic carboxylic acids is 1. The molecule has 0 saturated heterocycles. The van der Waals surface area contributed by atoms with Crippen molar-refractivity contribution in [2.45, 2.75) is 34.3 Å². The van der Waals surface area contributed by atoms with Gasteiger partial charge in [0.15, 0.2) is 0 Å². The Morgan fingerprint density at radius 3 is 1.01 bits per heavy atom. The number of hydroxylamine groups is 1. The van der Waals surface area contributed by atoms with E-state index in [1.54, 1.807) is 84.9 Å². The zero-order chi connectivity index (χ0) is 55.4. The van der Waals surface area contributed by atoms with Gasteiger partial charge in [0.05, 0.1) is 14.7 Å². The van der Waals surface area contributed by atoms with Crippen LogP contribution in [0.2, 0.25) is 0 Å². The van der Waals surface area contributed by atoms with E-state index in [9.17, 15) is 39.6 Å². The topological polar surface area (TPSA) is 248 Å². The first-order valence-electron chi connectivity index (χ1n) is 21.3. The van der Waals surface area contributed by atoms with E-state index in [1.807, 2.05) is 57.0 Å². The molecule has 0 fully saturated rings. The lowest BCUT2D eigenvalue weighted by molar-refractivity contribution is -0.131. The van der Waals surface area contributed by atoms with Gasteiger partial charge in [-0.05, 0) is 166 Å². The number of carboxylic acids is 1. The standard InChI is InChI=1S/C16H17ClN2O3S.C16H19N3O4S.C16H18N2O4S.Cl2OS.3ClH/c1-18(2)11-13-3-6-15(7-4-13)23(21,22)19-10-9-14(12-19)5-8-16(17)20;1-18(2)11-13-3-6-15(7-4-13)24(22,23)19-10-9-14(12-19)5-8-16(20)17-21;1-17(2)11-13-3-6-15(7-4-13)23(21,22)18-10-9-14(12-18)5-8-16(19)20;1-4(2)3;;;/h3-10,12H,11H2,1-2H3;3-10,12,21H,11H2,1-2H3,(H,17,20);3-10,12H,11H2,1-2H3,(H,19,20);;3*1H/b3*8-5+;;;;. The van der Waals surface area contributed by atoms with Gasteiger partial charge in [0, 0.05) is 90.3 Å². The average molecular weight is 1270 g/mol. The molecular formula is C48H57Cl6N7O12S4. The van der Waals surface area contributed by atoms with Crippen LogP contribution in [0.5, 0.6) is 0 Å². The molecule has 0 aliphatic rings. The molecule has 0 unspecified atom stereocenters. The third kappa shape index (κ3) is 24.6. The third-order valence-corrected chi connectivity index (χ3v) is 14.5. The van der Waals surface area contributed by atoms with Gasteiger partial charge >= 0.3 is 5.97 Å². The summed E-state index contributed by atoms with van der Waals surface area (Å²) in [6.07, 6.45) is 15.9. The molecule has 0 bridgehead atoms. The quantitative estimate of drug-likeness (QED) is 0.0319. The van der Waals surface area contributed by atoms with Crippen LogP contribution in [-0.2, 0) is 73.3 Å². The molecule has 0 aliphatic heterocycles. The molecule has 3 aromatic heterocycles. The second-order valence-electron chi connectivity index (χ2n) is 16.3. The maximum Gasteiger partial charge on any atom is 0.328 e. The van der Waals surface area contributed by atoms with Gasteiger partial charge in [-0.1, -0.05) is 36.4 Å². The fourth-order valence-electron chi connectivity index (χ4n) is 6.22. The number of hydrogen-bond donors (Lipinski definition) is 3. The number of rotatable bonds is 18. The van der Waals surface area contributed by atoms with Gasteiger partial charge in [-0.2, -0.15) is 0 Å². The molecule has 3 aromatic carbocycles. The molecule has 0 aliphatic carbocycles. The van der Waals surface area contributed by atoms with Gasteiger partial charge in [-0.3, -0.25) is 14.8 Å². The maximum absolute atomic E-state index is 12.6. The van der Waals surface area contributed by atoms with E-state index in [2.05, 4.69) is 21.4 Å². The van der Waals surface area contributed by atoms with Crippen LogP contribution in [0, 0.1) is 0 Å². The van der Waals surface area contributed by atoms with Crippen molar-refractivity contribution < 1.29 is 54.2 Å². The zero-order valence-electron chi connectivity index (χ0n) is 41.9. The minimum Gasteiger partial charge on any atom is -0.478 e. The van der Waals surface area contributed by atoms with Crippen molar-refractivity contribution in [3.8, 4) is 0 Å². The van der Waals surface area contributed by atoms with Crippen LogP contribution in [0.4, 0.5) is 0 Å². The molecule has 0 spiro atoms. The minimum atomic E-state index is -3.69. The summed E-state index contributed by atoms with van der Waals surface area (Å²) in [6, 6.07) is 24.9. The number of halogens is 6. The fraction of sp³-hybridized carbons (Fsp3) is 0.188. The van der Waals surface area contributed by atoms with Crippen LogP contribution in [0.3, 0.4) is 0 Å². The molecule has 0 radical (unpaired) electrons. The average Bonchev–Trinajstić information content (AvgIpc) is 4.13. The van der Waals surface area contributed by atoms with Crippen molar-refractivity contribution in [2.24, 2.45) is 0 Å². The first-order valence-corrected chi connectivity index (χ1v) is 28.8. The predicted molar refractivity (Wildman–Crippen MR) is 310 cm³/mol. The third-order valence-electron chi connectivity index (χ3n) is 9.43. The van der Waals surface area contributed by atoms with E-state index >= 15 is 0 Å². The molecule has 3 N–H and O–H groups in total. The summed E-state index contributed by atoms with van der Waals surface area (Å²) in [6.45, 7) is 2.20. The highest BCUT2D eigenvalue weighted by Crippen LogP contribution is 2.20. The Morgan fingerprint density at radius 2 is 0.779 bits per heavy atom. The first kappa shape index (κ1) is 71.9. The molecule has 29 heteroatoms. The Kier molecular flexibility index (Phi) is 31.8. The van der Waals surface area contributed by atoms with Crippen molar-refractivity contribution >= 4 is 145 Å². The van der Waals surface area contributed by atoms with Crippen molar-refractivity contribution in [1.82, 2.24) is 32.1 Å². The van der Waals surface area contributed by atoms with Crippen LogP contribution in [0.15, 0.2) is 161 Å². The molecule has 6 aromatic rings. The monoisotopic (exact) mass is 1260 g/mol. The SMILES string of the molecule is CN(C)Cc1ccc(S(=O)(=O)n2ccc(/C=C/C(=O)Cl)c2)cc1.CN(C)Cc1ccc(S(=O)(=O)n2ccc(/C=C/C(=O)NO)c2)cc1.CN(C)Cc1ccc(S(=O)(=O)n2ccc(/C=C/C(=O)O)c2)cc1.Cl.Cl.Cl.O=S(Cl)Cl. The number of hydrogen-bond acceptors (Lipinski definition) is 14. The number of nitrogens with zero attached hydrogens (tertiary/aromatic N) is 6. The lowest BCUT2D eigenvalue weighted by Gasteiger charge is -2.10. The van der Waals surface area contributed by atoms with Crippen LogP contribution in [0.25, 0.3) is 18.2 Å². The molecule has 422 valence electrons. The lowest BCUT2D eigenvalue weighted by Crippen LogP contribution is -2.14. The Labute approximate surface area is 483 Å². The molecule has 0 atom stereocenters. The van der Waals surface area contributed by atoms with Crippen LogP contribution < -0.4 is 5.48 Å². The summed E-state index contributed by atoms with van der Waals surface area (Å²) in [4.78, 5) is 38.7. The Hall–Kier alpha value is -5.09. The van der Waals surface area contributed by atoms with Crippen molar-refractivity contribution in [2.75, 3.05) is 42.3 Å². The van der Waals surface area contributed by atoms with Gasteiger partial charge in [-0.25, -0.2) is 51.7 Å². The number of aromatic nitrogens is 3. The molecule has 77 heavy (non-hydrogen) atoms. The number of carboxylic acid groups (broad SMARTS) is 1. The predicted octanol–water partition coefficient (Wildman–Crippen LogP) is 8.06. The second-order valence-corrected chi connectivity index (χ2v) is 24.7. The van der Waals surface area contributed by atoms with Crippen LogP contribution in [0.1, 0.15) is 33.4 Å². The second kappa shape index (κ2) is 34.0. The largest absolute Gasteiger partial charge is 0.478 e. The number of nitrogens with one attached hydrogen (secondary N) is 1. The van der Waals surface area contributed by atoms with E-state index < -0.39 is 56.4 Å². The summed E-state index contributed by atoms with van der Waals surface area (Å²) in [5.74, 6) is -1.78. The van der Waals surface area contributed by atoms with E-state index in [0.29, 0.717) is 16.7 Å². The van der Waals surface area contributed by atoms with Gasteiger partial charge < -0.3 is 19.8 Å². The summed E-state index contributed by atoms with van der Waals surface area (Å²) >= 11 is 5.22. The van der Waals surface area contributed by atoms with E-state index in [4.69, 9.17) is 26.1 Å². The lowest BCUT2D eigenvalue weighted by atomic mass is 10.2. The molecule has 1 amide bonds. The van der Waals surface area contributed by atoms with Crippen molar-refractivity contribution in [3.63, 3.8) is 0 Å². The van der Waals surface area contributed by atoms with E-state index in [-0.39, 0.29) is 51.9 Å². The molecule has 0 saturated carbocycles. The van der Waals surface area contributed by atoms with Crippen molar-refractivity contribution in [1.29, 1.82) is 0 Å². The zero-order valence-corrected chi connectivity index (χ0v) is 49.8. The number of carbonyl (C=O) groups is 3. The number of amides is 1. The van der Waals surface area contributed by atoms with Crippen molar-refractivity contribution in [3.05, 3.63) is 180 Å². The molecular weight excluding hydrogens is 1210 g/mol. The molecule has 6 rings (SSSR count).